The first-order valence-electron chi connectivity index (χ1n) is 10.2. The molecule has 0 bridgehead atoms. The summed E-state index contributed by atoms with van der Waals surface area (Å²) in [6, 6.07) is 7.46. The van der Waals surface area contributed by atoms with E-state index in [4.69, 9.17) is 23.2 Å². The highest BCUT2D eigenvalue weighted by molar-refractivity contribution is 6.42. The van der Waals surface area contributed by atoms with E-state index < -0.39 is 0 Å². The normalized spacial score (nSPS) is 14.5. The van der Waals surface area contributed by atoms with Gasteiger partial charge >= 0.3 is 0 Å². The lowest BCUT2D eigenvalue weighted by molar-refractivity contribution is 0.0729. The smallest absolute Gasteiger partial charge is 0.259 e. The van der Waals surface area contributed by atoms with Crippen LogP contribution < -0.4 is 0 Å². The number of nitrogens with zero attached hydrogens (tertiary/aromatic N) is 5. The van der Waals surface area contributed by atoms with Gasteiger partial charge in [-0.25, -0.2) is 9.50 Å². The Labute approximate surface area is 186 Å². The number of carbonyl (C=O) groups is 1. The van der Waals surface area contributed by atoms with Gasteiger partial charge in [-0.15, -0.1) is 0 Å². The minimum Gasteiger partial charge on any atom is -0.333 e. The average molecular weight is 446 g/mol. The van der Waals surface area contributed by atoms with Crippen molar-refractivity contribution in [1.82, 2.24) is 24.4 Å². The molecule has 8 heteroatoms. The average Bonchev–Trinajstić information content (AvgIpc) is 3.37. The summed E-state index contributed by atoms with van der Waals surface area (Å²) in [7, 11) is 0. The van der Waals surface area contributed by atoms with Crippen molar-refractivity contribution in [3.63, 3.8) is 0 Å². The van der Waals surface area contributed by atoms with Gasteiger partial charge in [-0.05, 0) is 63.5 Å². The number of fused-ring (bicyclic) bond motifs is 1. The fourth-order valence-corrected chi connectivity index (χ4v) is 4.29. The molecule has 1 aliphatic heterocycles. The van der Waals surface area contributed by atoms with Crippen molar-refractivity contribution in [3.05, 3.63) is 63.0 Å². The number of benzene rings is 1. The predicted molar refractivity (Wildman–Crippen MR) is 119 cm³/mol. The van der Waals surface area contributed by atoms with E-state index in [1.54, 1.807) is 16.8 Å². The van der Waals surface area contributed by atoms with Crippen LogP contribution in [0.4, 0.5) is 0 Å². The molecule has 4 rings (SSSR count). The highest BCUT2D eigenvalue weighted by Gasteiger charge is 2.23. The summed E-state index contributed by atoms with van der Waals surface area (Å²) >= 11 is 12.3. The van der Waals surface area contributed by atoms with E-state index in [0.29, 0.717) is 34.3 Å². The van der Waals surface area contributed by atoms with Crippen molar-refractivity contribution < 1.29 is 4.79 Å². The second-order valence-corrected chi connectivity index (χ2v) is 8.67. The lowest BCUT2D eigenvalue weighted by atomic mass is 10.2. The molecule has 1 aliphatic rings. The summed E-state index contributed by atoms with van der Waals surface area (Å²) in [4.78, 5) is 22.4. The van der Waals surface area contributed by atoms with Crippen LogP contribution in [0, 0.1) is 13.8 Å². The molecule has 1 saturated heterocycles. The number of amides is 1. The number of carbonyl (C=O) groups excluding carboxylic acids is 1. The van der Waals surface area contributed by atoms with Crippen LogP contribution in [0.2, 0.25) is 10.0 Å². The van der Waals surface area contributed by atoms with Crippen LogP contribution in [-0.4, -0.2) is 56.5 Å². The molecule has 3 aromatic rings. The molecule has 1 fully saturated rings. The maximum atomic E-state index is 13.6. The summed E-state index contributed by atoms with van der Waals surface area (Å²) < 4.78 is 1.72. The van der Waals surface area contributed by atoms with E-state index in [1.165, 1.54) is 12.8 Å². The molecular weight excluding hydrogens is 421 g/mol. The molecule has 0 N–H and O–H groups in total. The Kier molecular flexibility index (Phi) is 6.27. The topological polar surface area (TPSA) is 53.7 Å². The Morgan fingerprint density at radius 3 is 2.63 bits per heavy atom. The molecule has 1 amide bonds. The van der Waals surface area contributed by atoms with E-state index in [-0.39, 0.29) is 5.91 Å². The fourth-order valence-electron chi connectivity index (χ4n) is 3.97. The van der Waals surface area contributed by atoms with E-state index in [0.717, 1.165) is 36.6 Å². The van der Waals surface area contributed by atoms with Crippen LogP contribution in [-0.2, 0) is 6.54 Å². The molecule has 0 unspecified atom stereocenters. The van der Waals surface area contributed by atoms with E-state index in [2.05, 4.69) is 15.0 Å². The van der Waals surface area contributed by atoms with Crippen molar-refractivity contribution in [2.45, 2.75) is 33.2 Å². The quantitative estimate of drug-likeness (QED) is 0.564. The summed E-state index contributed by atoms with van der Waals surface area (Å²) in [5.41, 5.74) is 3.87. The van der Waals surface area contributed by atoms with Crippen LogP contribution in [0.3, 0.4) is 0 Å². The van der Waals surface area contributed by atoms with E-state index >= 15 is 0 Å². The Morgan fingerprint density at radius 2 is 1.90 bits per heavy atom. The third-order valence-corrected chi connectivity index (χ3v) is 6.28. The van der Waals surface area contributed by atoms with Crippen LogP contribution in [0.1, 0.15) is 40.2 Å². The van der Waals surface area contributed by atoms with Gasteiger partial charge in [-0.3, -0.25) is 4.79 Å². The van der Waals surface area contributed by atoms with Crippen molar-refractivity contribution in [2.75, 3.05) is 26.2 Å². The van der Waals surface area contributed by atoms with Gasteiger partial charge in [0, 0.05) is 31.0 Å². The van der Waals surface area contributed by atoms with Crippen molar-refractivity contribution in [3.8, 4) is 0 Å². The Balaban J connectivity index is 1.63. The molecule has 0 atom stereocenters. The highest BCUT2D eigenvalue weighted by Crippen LogP contribution is 2.24. The van der Waals surface area contributed by atoms with E-state index in [1.807, 2.05) is 36.9 Å². The number of likely N-dealkylation sites (tertiary alicyclic amines) is 1. The third kappa shape index (κ3) is 4.46. The Morgan fingerprint density at radius 1 is 1.13 bits per heavy atom. The molecule has 30 heavy (non-hydrogen) atoms. The molecule has 3 heterocycles. The molecular formula is C22H25Cl2N5O. The number of hydrogen-bond acceptors (Lipinski definition) is 4. The first-order valence-corrected chi connectivity index (χ1v) is 11.0. The summed E-state index contributed by atoms with van der Waals surface area (Å²) in [6.07, 6.45) is 4.06. The fraction of sp³-hybridized carbons (Fsp3) is 0.409. The summed E-state index contributed by atoms with van der Waals surface area (Å²) in [6.45, 7) is 7.99. The van der Waals surface area contributed by atoms with Crippen molar-refractivity contribution in [1.29, 1.82) is 0 Å². The molecule has 0 aliphatic carbocycles. The first kappa shape index (κ1) is 21.1. The minimum absolute atomic E-state index is 0.0761. The van der Waals surface area contributed by atoms with Gasteiger partial charge in [-0.1, -0.05) is 29.3 Å². The van der Waals surface area contributed by atoms with Gasteiger partial charge in [0.2, 0.25) is 0 Å². The number of halogens is 2. The van der Waals surface area contributed by atoms with Gasteiger partial charge < -0.3 is 9.80 Å². The summed E-state index contributed by atoms with van der Waals surface area (Å²) in [5.74, 6) is -0.0761. The van der Waals surface area contributed by atoms with Crippen molar-refractivity contribution >= 4 is 34.8 Å². The van der Waals surface area contributed by atoms with Crippen LogP contribution >= 0.6 is 23.2 Å². The predicted octanol–water partition coefficient (Wildman–Crippen LogP) is 4.39. The number of aromatic nitrogens is 3. The molecule has 1 aromatic carbocycles. The molecule has 158 valence electrons. The molecule has 2 aromatic heterocycles. The SMILES string of the molecule is Cc1cc(C)n2ncc(C(=O)N(CCN3CCCC3)Cc3ccc(Cl)c(Cl)c3)c2n1. The van der Waals surface area contributed by atoms with Gasteiger partial charge in [0.15, 0.2) is 5.65 Å². The van der Waals surface area contributed by atoms with Gasteiger partial charge in [0.25, 0.3) is 5.91 Å². The van der Waals surface area contributed by atoms with Crippen molar-refractivity contribution in [2.24, 2.45) is 0 Å². The van der Waals surface area contributed by atoms with Gasteiger partial charge in [0.05, 0.1) is 16.2 Å². The molecule has 0 spiro atoms. The zero-order valence-corrected chi connectivity index (χ0v) is 18.7. The maximum absolute atomic E-state index is 13.6. The first-order chi connectivity index (χ1) is 14.4. The van der Waals surface area contributed by atoms with Gasteiger partial charge in [0.1, 0.15) is 5.56 Å². The largest absolute Gasteiger partial charge is 0.333 e. The lowest BCUT2D eigenvalue weighted by Gasteiger charge is -2.25. The second-order valence-electron chi connectivity index (χ2n) is 7.86. The number of rotatable bonds is 6. The number of aryl methyl sites for hydroxylation is 2. The lowest BCUT2D eigenvalue weighted by Crippen LogP contribution is -2.37. The van der Waals surface area contributed by atoms with E-state index in [9.17, 15) is 4.79 Å². The Hall–Kier alpha value is -2.15. The molecule has 0 saturated carbocycles. The Bertz CT molecular complexity index is 1070. The van der Waals surface area contributed by atoms with Gasteiger partial charge in [-0.2, -0.15) is 5.10 Å². The summed E-state index contributed by atoms with van der Waals surface area (Å²) in [5, 5.41) is 5.39. The third-order valence-electron chi connectivity index (χ3n) is 5.54. The maximum Gasteiger partial charge on any atom is 0.259 e. The van der Waals surface area contributed by atoms with Crippen LogP contribution in [0.25, 0.3) is 5.65 Å². The zero-order valence-electron chi connectivity index (χ0n) is 17.2. The number of hydrogen-bond donors (Lipinski definition) is 0. The monoisotopic (exact) mass is 445 g/mol. The second kappa shape index (κ2) is 8.92. The highest BCUT2D eigenvalue weighted by atomic mass is 35.5. The standard InChI is InChI=1S/C22H25Cl2N5O/c1-15-11-16(2)29-21(26-15)18(13-25-29)22(30)28(10-9-27-7-3-4-8-27)14-17-5-6-19(23)20(24)12-17/h5-6,11-13H,3-4,7-10,14H2,1-2H3. The molecule has 6 nitrogen and oxygen atoms in total. The molecule has 0 radical (unpaired) electrons. The zero-order chi connectivity index (χ0) is 21.3. The minimum atomic E-state index is -0.0761. The van der Waals surface area contributed by atoms with Crippen LogP contribution in [0.5, 0.6) is 0 Å². The van der Waals surface area contributed by atoms with Crippen LogP contribution in [0.15, 0.2) is 30.5 Å².